The van der Waals surface area contributed by atoms with Gasteiger partial charge in [-0.25, -0.2) is 0 Å². The molecule has 0 aromatic heterocycles. The molecule has 1 aliphatic rings. The Morgan fingerprint density at radius 2 is 1.94 bits per heavy atom. The van der Waals surface area contributed by atoms with Gasteiger partial charge in [-0.15, -0.1) is 0 Å². The van der Waals surface area contributed by atoms with Gasteiger partial charge in [-0.2, -0.15) is 0 Å². The predicted molar refractivity (Wildman–Crippen MR) is 57.3 cm³/mol. The summed E-state index contributed by atoms with van der Waals surface area (Å²) in [4.78, 5) is 24.3. The molecule has 16 heavy (non-hydrogen) atoms. The molecule has 1 fully saturated rings. The molecule has 4 heteroatoms. The van der Waals surface area contributed by atoms with Crippen molar-refractivity contribution >= 4 is 11.8 Å². The maximum atomic E-state index is 11.6. The molecule has 0 radical (unpaired) electrons. The summed E-state index contributed by atoms with van der Waals surface area (Å²) < 4.78 is 0. The number of benzene rings is 1. The quantitative estimate of drug-likeness (QED) is 0.751. The molecule has 1 aromatic rings. The van der Waals surface area contributed by atoms with Gasteiger partial charge in [-0.05, 0) is 12.5 Å². The van der Waals surface area contributed by atoms with Crippen LogP contribution in [0, 0.1) is 0 Å². The molecule has 0 saturated carbocycles. The van der Waals surface area contributed by atoms with Crippen molar-refractivity contribution in [3.8, 4) is 0 Å². The van der Waals surface area contributed by atoms with Crippen molar-refractivity contribution in [2.75, 3.05) is 0 Å². The molecule has 1 N–H and O–H groups in total. The number of amides is 2. The zero-order chi connectivity index (χ0) is 11.7. The minimum atomic E-state index is -1.17. The first-order valence-electron chi connectivity index (χ1n) is 5.20. The molecule has 0 spiro atoms. The largest absolute Gasteiger partial charge is 0.383 e. The van der Waals surface area contributed by atoms with Gasteiger partial charge in [-0.3, -0.25) is 14.5 Å². The predicted octanol–water partition coefficient (Wildman–Crippen LogP) is 0.867. The summed E-state index contributed by atoms with van der Waals surface area (Å²) in [7, 11) is 0. The third kappa shape index (κ3) is 1.72. The lowest BCUT2D eigenvalue weighted by atomic mass is 10.1. The SMILES string of the molecule is CC(c1ccccc1)N1C(=O)C[C@@H](O)C1=O. The fourth-order valence-electron chi connectivity index (χ4n) is 1.92. The number of hydrogen-bond donors (Lipinski definition) is 1. The molecule has 4 nitrogen and oxygen atoms in total. The maximum absolute atomic E-state index is 11.6. The molecular formula is C12H13NO3. The van der Waals surface area contributed by atoms with Crippen LogP contribution in [-0.2, 0) is 9.59 Å². The van der Waals surface area contributed by atoms with E-state index in [0.717, 1.165) is 10.5 Å². The molecule has 0 aliphatic carbocycles. The molecule has 1 unspecified atom stereocenters. The topological polar surface area (TPSA) is 57.6 Å². The van der Waals surface area contributed by atoms with E-state index in [2.05, 4.69) is 0 Å². The second-order valence-corrected chi connectivity index (χ2v) is 3.91. The Bertz CT molecular complexity index is 416. The zero-order valence-electron chi connectivity index (χ0n) is 8.96. The van der Waals surface area contributed by atoms with Crippen molar-refractivity contribution in [2.24, 2.45) is 0 Å². The highest BCUT2D eigenvalue weighted by atomic mass is 16.3. The first-order valence-corrected chi connectivity index (χ1v) is 5.20. The third-order valence-electron chi connectivity index (χ3n) is 2.83. The highest BCUT2D eigenvalue weighted by Crippen LogP contribution is 2.26. The highest BCUT2D eigenvalue weighted by molar-refractivity contribution is 6.05. The lowest BCUT2D eigenvalue weighted by Gasteiger charge is -2.22. The van der Waals surface area contributed by atoms with Crippen LogP contribution in [0.15, 0.2) is 30.3 Å². The van der Waals surface area contributed by atoms with Crippen molar-refractivity contribution < 1.29 is 14.7 Å². The van der Waals surface area contributed by atoms with Crippen molar-refractivity contribution in [1.29, 1.82) is 0 Å². The minimum absolute atomic E-state index is 0.101. The molecule has 1 aromatic carbocycles. The van der Waals surface area contributed by atoms with E-state index in [1.807, 2.05) is 30.3 Å². The van der Waals surface area contributed by atoms with Gasteiger partial charge in [0.05, 0.1) is 12.5 Å². The first-order chi connectivity index (χ1) is 7.61. The van der Waals surface area contributed by atoms with Gasteiger partial charge in [0.1, 0.15) is 6.10 Å². The van der Waals surface area contributed by atoms with Crippen LogP contribution < -0.4 is 0 Å². The van der Waals surface area contributed by atoms with E-state index >= 15 is 0 Å². The van der Waals surface area contributed by atoms with Crippen LogP contribution in [0.1, 0.15) is 24.9 Å². The molecule has 1 aliphatic heterocycles. The van der Waals surface area contributed by atoms with Crippen molar-refractivity contribution in [3.05, 3.63) is 35.9 Å². The van der Waals surface area contributed by atoms with E-state index in [-0.39, 0.29) is 18.4 Å². The zero-order valence-corrected chi connectivity index (χ0v) is 8.96. The van der Waals surface area contributed by atoms with Crippen LogP contribution in [0.5, 0.6) is 0 Å². The van der Waals surface area contributed by atoms with Gasteiger partial charge >= 0.3 is 0 Å². The number of nitrogens with zero attached hydrogens (tertiary/aromatic N) is 1. The van der Waals surface area contributed by atoms with Gasteiger partial charge in [0.2, 0.25) is 5.91 Å². The van der Waals surface area contributed by atoms with Crippen LogP contribution in [0.4, 0.5) is 0 Å². The molecular weight excluding hydrogens is 206 g/mol. The van der Waals surface area contributed by atoms with Crippen LogP contribution in [-0.4, -0.2) is 27.9 Å². The Kier molecular flexibility index (Phi) is 2.75. The number of aliphatic hydroxyl groups excluding tert-OH is 1. The lowest BCUT2D eigenvalue weighted by molar-refractivity contribution is -0.143. The summed E-state index contributed by atoms with van der Waals surface area (Å²) >= 11 is 0. The van der Waals surface area contributed by atoms with E-state index in [1.54, 1.807) is 6.92 Å². The summed E-state index contributed by atoms with van der Waals surface area (Å²) in [6.45, 7) is 1.78. The highest BCUT2D eigenvalue weighted by Gasteiger charge is 2.40. The number of likely N-dealkylation sites (tertiary alicyclic amines) is 1. The fraction of sp³-hybridized carbons (Fsp3) is 0.333. The van der Waals surface area contributed by atoms with E-state index in [4.69, 9.17) is 0 Å². The monoisotopic (exact) mass is 219 g/mol. The smallest absolute Gasteiger partial charge is 0.259 e. The molecule has 84 valence electrons. The number of rotatable bonds is 2. The Balaban J connectivity index is 2.26. The standard InChI is InChI=1S/C12H13NO3/c1-8(9-5-3-2-4-6-9)13-11(15)7-10(14)12(13)16/h2-6,8,10,14H,7H2,1H3/t8?,10-/m1/s1. The molecule has 2 amide bonds. The average Bonchev–Trinajstić information content (AvgIpc) is 2.54. The van der Waals surface area contributed by atoms with Crippen molar-refractivity contribution in [2.45, 2.75) is 25.5 Å². The van der Waals surface area contributed by atoms with Gasteiger partial charge in [-0.1, -0.05) is 30.3 Å². The third-order valence-corrected chi connectivity index (χ3v) is 2.83. The van der Waals surface area contributed by atoms with Gasteiger partial charge in [0, 0.05) is 0 Å². The molecule has 0 bridgehead atoms. The molecule has 1 saturated heterocycles. The van der Waals surface area contributed by atoms with Crippen LogP contribution in [0.2, 0.25) is 0 Å². The summed E-state index contributed by atoms with van der Waals surface area (Å²) in [5.74, 6) is -0.810. The normalized spacial score (nSPS) is 22.6. The Labute approximate surface area is 93.5 Å². The van der Waals surface area contributed by atoms with Crippen molar-refractivity contribution in [1.82, 2.24) is 4.90 Å². The summed E-state index contributed by atoms with van der Waals surface area (Å²) in [5.41, 5.74) is 0.887. The van der Waals surface area contributed by atoms with E-state index in [9.17, 15) is 14.7 Å². The summed E-state index contributed by atoms with van der Waals surface area (Å²) in [6, 6.07) is 8.98. The Morgan fingerprint density at radius 3 is 2.44 bits per heavy atom. The number of carbonyl (C=O) groups is 2. The number of aliphatic hydroxyl groups is 1. The maximum Gasteiger partial charge on any atom is 0.259 e. The van der Waals surface area contributed by atoms with Crippen LogP contribution in [0.25, 0.3) is 0 Å². The van der Waals surface area contributed by atoms with E-state index in [1.165, 1.54) is 0 Å². The number of hydrogen-bond acceptors (Lipinski definition) is 3. The van der Waals surface area contributed by atoms with Crippen molar-refractivity contribution in [3.63, 3.8) is 0 Å². The minimum Gasteiger partial charge on any atom is -0.383 e. The summed E-state index contributed by atoms with van der Waals surface area (Å²) in [5, 5.41) is 9.32. The van der Waals surface area contributed by atoms with Gasteiger partial charge < -0.3 is 5.11 Å². The molecule has 2 rings (SSSR count). The van der Waals surface area contributed by atoms with Gasteiger partial charge in [0.15, 0.2) is 0 Å². The molecule has 1 heterocycles. The lowest BCUT2D eigenvalue weighted by Crippen LogP contribution is -2.34. The van der Waals surface area contributed by atoms with Gasteiger partial charge in [0.25, 0.3) is 5.91 Å². The summed E-state index contributed by atoms with van der Waals surface area (Å²) in [6.07, 6.45) is -1.27. The fourth-order valence-corrected chi connectivity index (χ4v) is 1.92. The average molecular weight is 219 g/mol. The number of imide groups is 1. The second-order valence-electron chi connectivity index (χ2n) is 3.91. The first kappa shape index (κ1) is 10.8. The molecule has 2 atom stereocenters. The van der Waals surface area contributed by atoms with E-state index < -0.39 is 12.0 Å². The second kappa shape index (κ2) is 4.06. The van der Waals surface area contributed by atoms with Crippen LogP contribution >= 0.6 is 0 Å². The number of carbonyl (C=O) groups excluding carboxylic acids is 2. The Morgan fingerprint density at radius 1 is 1.31 bits per heavy atom. The van der Waals surface area contributed by atoms with Crippen LogP contribution in [0.3, 0.4) is 0 Å². The Hall–Kier alpha value is -1.68. The van der Waals surface area contributed by atoms with E-state index in [0.29, 0.717) is 0 Å².